The number of hydrogen-bond acceptors (Lipinski definition) is 3. The van der Waals surface area contributed by atoms with Gasteiger partial charge in [-0.25, -0.2) is 0 Å². The van der Waals surface area contributed by atoms with Gasteiger partial charge in [-0.05, 0) is 50.4 Å². The van der Waals surface area contributed by atoms with Crippen LogP contribution < -0.4 is 5.32 Å². The molecule has 0 saturated heterocycles. The summed E-state index contributed by atoms with van der Waals surface area (Å²) in [5, 5.41) is 3.65. The molecule has 0 aliphatic rings. The van der Waals surface area contributed by atoms with E-state index in [1.54, 1.807) is 11.8 Å². The molecule has 0 amide bonds. The normalized spacial score (nSPS) is 13.8. The number of nitrogens with one attached hydrogen (secondary N) is 1. The van der Waals surface area contributed by atoms with E-state index < -0.39 is 0 Å². The lowest BCUT2D eigenvalue weighted by atomic mass is 9.92. The fourth-order valence-electron chi connectivity index (χ4n) is 2.35. The molecular weight excluding hydrogens is 252 g/mol. The number of hydrogen-bond donors (Lipinski definition) is 1. The Morgan fingerprint density at radius 2 is 1.79 bits per heavy atom. The highest BCUT2D eigenvalue weighted by Crippen LogP contribution is 2.21. The van der Waals surface area contributed by atoms with Crippen LogP contribution in [0.4, 0.5) is 0 Å². The van der Waals surface area contributed by atoms with Crippen LogP contribution in [0.15, 0.2) is 29.2 Å². The monoisotopic (exact) mass is 280 g/mol. The summed E-state index contributed by atoms with van der Waals surface area (Å²) in [7, 11) is 4.26. The third-order valence-electron chi connectivity index (χ3n) is 3.25. The van der Waals surface area contributed by atoms with Crippen molar-refractivity contribution in [1.29, 1.82) is 0 Å². The summed E-state index contributed by atoms with van der Waals surface area (Å²) in [4.78, 5) is 3.57. The maximum absolute atomic E-state index is 3.65. The zero-order chi connectivity index (χ0) is 14.5. The predicted molar refractivity (Wildman–Crippen MR) is 87.0 cm³/mol. The van der Waals surface area contributed by atoms with E-state index in [4.69, 9.17) is 0 Å². The minimum atomic E-state index is 0.289. The van der Waals surface area contributed by atoms with Crippen LogP contribution in [0.3, 0.4) is 0 Å². The molecule has 1 N–H and O–H groups in total. The second kappa shape index (κ2) is 7.32. The molecule has 1 rings (SSSR count). The predicted octanol–water partition coefficient (Wildman–Crippen LogP) is 3.65. The van der Waals surface area contributed by atoms with Gasteiger partial charge in [0.15, 0.2) is 0 Å². The van der Waals surface area contributed by atoms with Gasteiger partial charge in [0.25, 0.3) is 0 Å². The third-order valence-corrected chi connectivity index (χ3v) is 3.99. The van der Waals surface area contributed by atoms with Gasteiger partial charge in [0.2, 0.25) is 0 Å². The first kappa shape index (κ1) is 16.5. The van der Waals surface area contributed by atoms with Crippen LogP contribution in [-0.2, 0) is 0 Å². The molecule has 1 atom stereocenters. The van der Waals surface area contributed by atoms with Crippen molar-refractivity contribution < 1.29 is 0 Å². The average molecular weight is 280 g/mol. The lowest BCUT2D eigenvalue weighted by Crippen LogP contribution is -2.38. The molecule has 1 unspecified atom stereocenters. The Hall–Kier alpha value is -0.510. The Morgan fingerprint density at radius 3 is 2.26 bits per heavy atom. The molecule has 2 nitrogen and oxygen atoms in total. The van der Waals surface area contributed by atoms with E-state index in [2.05, 4.69) is 75.6 Å². The summed E-state index contributed by atoms with van der Waals surface area (Å²) < 4.78 is 0. The molecule has 0 aliphatic heterocycles. The lowest BCUT2D eigenvalue weighted by Gasteiger charge is -2.30. The van der Waals surface area contributed by atoms with Gasteiger partial charge in [-0.3, -0.25) is 0 Å². The first-order valence-corrected chi connectivity index (χ1v) is 8.08. The fraction of sp³-hybridized carbons (Fsp3) is 0.625. The van der Waals surface area contributed by atoms with Crippen LogP contribution in [0.25, 0.3) is 0 Å². The Labute approximate surface area is 123 Å². The highest BCUT2D eigenvalue weighted by Gasteiger charge is 2.19. The van der Waals surface area contributed by atoms with E-state index in [9.17, 15) is 0 Å². The Morgan fingerprint density at radius 1 is 1.21 bits per heavy atom. The molecule has 0 fully saturated rings. The van der Waals surface area contributed by atoms with Crippen LogP contribution in [0, 0.1) is 5.41 Å². The summed E-state index contributed by atoms with van der Waals surface area (Å²) >= 11 is 1.79. The van der Waals surface area contributed by atoms with Gasteiger partial charge in [-0.2, -0.15) is 0 Å². The summed E-state index contributed by atoms with van der Waals surface area (Å²) in [5.74, 6) is 0. The molecule has 1 aromatic rings. The van der Waals surface area contributed by atoms with Crippen molar-refractivity contribution in [2.45, 2.75) is 31.7 Å². The third kappa shape index (κ3) is 5.98. The first-order valence-electron chi connectivity index (χ1n) is 6.86. The molecule has 0 heterocycles. The molecule has 0 bridgehead atoms. The maximum Gasteiger partial charge on any atom is 0.0292 e. The largest absolute Gasteiger partial charge is 0.310 e. The zero-order valence-corrected chi connectivity index (χ0v) is 14.0. The molecule has 0 radical (unpaired) electrons. The fourth-order valence-corrected chi connectivity index (χ4v) is 2.76. The quantitative estimate of drug-likeness (QED) is 0.768. The molecule has 0 aliphatic carbocycles. The van der Waals surface area contributed by atoms with Crippen LogP contribution in [-0.4, -0.2) is 38.3 Å². The van der Waals surface area contributed by atoms with E-state index in [-0.39, 0.29) is 5.41 Å². The second-order valence-corrected chi connectivity index (χ2v) is 7.16. The first-order chi connectivity index (χ1) is 8.84. The molecule has 0 spiro atoms. The molecular formula is C16H28N2S. The molecule has 3 heteroatoms. The maximum atomic E-state index is 3.65. The molecule has 0 saturated carbocycles. The summed E-state index contributed by atoms with van der Waals surface area (Å²) in [6, 6.07) is 9.24. The minimum absolute atomic E-state index is 0.289. The Balaban J connectivity index is 2.52. The van der Waals surface area contributed by atoms with Gasteiger partial charge >= 0.3 is 0 Å². The van der Waals surface area contributed by atoms with E-state index in [0.717, 1.165) is 13.1 Å². The van der Waals surface area contributed by atoms with E-state index in [1.807, 2.05) is 0 Å². The van der Waals surface area contributed by atoms with Gasteiger partial charge in [0, 0.05) is 24.0 Å². The van der Waals surface area contributed by atoms with Crippen molar-refractivity contribution in [2.75, 3.05) is 33.4 Å². The van der Waals surface area contributed by atoms with Crippen LogP contribution >= 0.6 is 11.8 Å². The molecule has 19 heavy (non-hydrogen) atoms. The van der Waals surface area contributed by atoms with Crippen molar-refractivity contribution in [2.24, 2.45) is 5.41 Å². The number of thioether (sulfide) groups is 1. The van der Waals surface area contributed by atoms with Gasteiger partial charge in [0.05, 0.1) is 0 Å². The zero-order valence-electron chi connectivity index (χ0n) is 13.2. The van der Waals surface area contributed by atoms with Crippen molar-refractivity contribution in [3.05, 3.63) is 29.8 Å². The lowest BCUT2D eigenvalue weighted by molar-refractivity contribution is 0.227. The summed E-state index contributed by atoms with van der Waals surface area (Å²) in [6.45, 7) is 8.97. The standard InChI is InChI=1S/C16H28N2S/c1-13(14-7-9-15(19-6)10-8-14)17-11-16(2,3)12-18(4)5/h7-10,13,17H,11-12H2,1-6H3. The smallest absolute Gasteiger partial charge is 0.0292 e. The summed E-state index contributed by atoms with van der Waals surface area (Å²) in [5.41, 5.74) is 1.65. The van der Waals surface area contributed by atoms with E-state index in [0.29, 0.717) is 6.04 Å². The van der Waals surface area contributed by atoms with Crippen LogP contribution in [0.5, 0.6) is 0 Å². The van der Waals surface area contributed by atoms with Crippen LogP contribution in [0.2, 0.25) is 0 Å². The second-order valence-electron chi connectivity index (χ2n) is 6.28. The van der Waals surface area contributed by atoms with Gasteiger partial charge < -0.3 is 10.2 Å². The minimum Gasteiger partial charge on any atom is -0.310 e. The highest BCUT2D eigenvalue weighted by molar-refractivity contribution is 7.98. The van der Waals surface area contributed by atoms with E-state index >= 15 is 0 Å². The van der Waals surface area contributed by atoms with Crippen molar-refractivity contribution >= 4 is 11.8 Å². The highest BCUT2D eigenvalue weighted by atomic mass is 32.2. The number of nitrogens with zero attached hydrogens (tertiary/aromatic N) is 1. The van der Waals surface area contributed by atoms with Gasteiger partial charge in [0.1, 0.15) is 0 Å². The van der Waals surface area contributed by atoms with E-state index in [1.165, 1.54) is 10.5 Å². The average Bonchev–Trinajstić information content (AvgIpc) is 2.34. The van der Waals surface area contributed by atoms with Crippen LogP contribution in [0.1, 0.15) is 32.4 Å². The Bertz CT molecular complexity index is 371. The molecule has 108 valence electrons. The van der Waals surface area contributed by atoms with Crippen molar-refractivity contribution in [3.63, 3.8) is 0 Å². The van der Waals surface area contributed by atoms with Gasteiger partial charge in [-0.1, -0.05) is 26.0 Å². The topological polar surface area (TPSA) is 15.3 Å². The SMILES string of the molecule is CSc1ccc(C(C)NCC(C)(C)CN(C)C)cc1. The van der Waals surface area contributed by atoms with Crippen molar-refractivity contribution in [1.82, 2.24) is 10.2 Å². The number of benzene rings is 1. The van der Waals surface area contributed by atoms with Gasteiger partial charge in [-0.15, -0.1) is 11.8 Å². The molecule has 1 aromatic carbocycles. The summed E-state index contributed by atoms with van der Waals surface area (Å²) in [6.07, 6.45) is 2.11. The van der Waals surface area contributed by atoms with Crippen molar-refractivity contribution in [3.8, 4) is 0 Å². The molecule has 0 aromatic heterocycles. The Kier molecular flexibility index (Phi) is 6.37. The number of rotatable bonds is 7.